The molecule has 0 spiro atoms. The third kappa shape index (κ3) is 4.69. The van der Waals surface area contributed by atoms with Crippen LogP contribution in [0.3, 0.4) is 0 Å². The number of sulfonamides is 1. The molecule has 0 bridgehead atoms. The molecule has 0 aromatic carbocycles. The standard InChI is InChI=1S/C11H19N3O3S/c1-9(2)17-6-5-14-18(15,16)11-4-3-10(7-12)13-8-11/h3-4,8-9,14H,5-7,12H2,1-2H3. The molecular weight excluding hydrogens is 254 g/mol. The Kier molecular flexibility index (Phi) is 5.67. The van der Waals surface area contributed by atoms with Gasteiger partial charge in [-0.2, -0.15) is 0 Å². The van der Waals surface area contributed by atoms with Crippen LogP contribution in [0, 0.1) is 0 Å². The lowest BCUT2D eigenvalue weighted by Gasteiger charge is -2.09. The molecule has 0 aliphatic rings. The first-order valence-electron chi connectivity index (χ1n) is 5.72. The molecule has 1 aromatic rings. The lowest BCUT2D eigenvalue weighted by atomic mass is 10.4. The molecule has 1 rings (SSSR count). The molecule has 0 aliphatic carbocycles. The topological polar surface area (TPSA) is 94.3 Å². The van der Waals surface area contributed by atoms with Gasteiger partial charge in [-0.25, -0.2) is 13.1 Å². The Morgan fingerprint density at radius 2 is 2.17 bits per heavy atom. The maximum Gasteiger partial charge on any atom is 0.242 e. The zero-order chi connectivity index (χ0) is 13.6. The van der Waals surface area contributed by atoms with Gasteiger partial charge in [-0.15, -0.1) is 0 Å². The Labute approximate surface area is 108 Å². The lowest BCUT2D eigenvalue weighted by Crippen LogP contribution is -2.28. The quantitative estimate of drug-likeness (QED) is 0.694. The molecule has 0 aliphatic heterocycles. The Morgan fingerprint density at radius 1 is 1.44 bits per heavy atom. The fourth-order valence-corrected chi connectivity index (χ4v) is 2.20. The molecule has 7 heteroatoms. The SMILES string of the molecule is CC(C)OCCNS(=O)(=O)c1ccc(CN)nc1. The van der Waals surface area contributed by atoms with E-state index in [2.05, 4.69) is 9.71 Å². The Bertz CT molecular complexity index is 457. The van der Waals surface area contributed by atoms with E-state index in [1.807, 2.05) is 13.8 Å². The van der Waals surface area contributed by atoms with Crippen molar-refractivity contribution in [1.82, 2.24) is 9.71 Å². The van der Waals surface area contributed by atoms with Gasteiger partial charge in [0.1, 0.15) is 4.90 Å². The number of ether oxygens (including phenoxy) is 1. The Hall–Kier alpha value is -1.02. The monoisotopic (exact) mass is 273 g/mol. The second-order valence-electron chi connectivity index (χ2n) is 4.01. The summed E-state index contributed by atoms with van der Waals surface area (Å²) in [5.41, 5.74) is 6.04. The van der Waals surface area contributed by atoms with Gasteiger partial charge in [-0.05, 0) is 26.0 Å². The van der Waals surface area contributed by atoms with Crippen LogP contribution in [0.15, 0.2) is 23.2 Å². The van der Waals surface area contributed by atoms with Crippen LogP contribution < -0.4 is 10.5 Å². The lowest BCUT2D eigenvalue weighted by molar-refractivity contribution is 0.0834. The number of hydrogen-bond donors (Lipinski definition) is 2. The first-order valence-corrected chi connectivity index (χ1v) is 7.20. The van der Waals surface area contributed by atoms with Crippen molar-refractivity contribution >= 4 is 10.0 Å². The molecule has 3 N–H and O–H groups in total. The van der Waals surface area contributed by atoms with E-state index in [-0.39, 0.29) is 24.1 Å². The van der Waals surface area contributed by atoms with Crippen LogP contribution in [0.5, 0.6) is 0 Å². The van der Waals surface area contributed by atoms with Gasteiger partial charge in [0.25, 0.3) is 0 Å². The summed E-state index contributed by atoms with van der Waals surface area (Å²) >= 11 is 0. The molecule has 0 atom stereocenters. The molecule has 0 radical (unpaired) electrons. The highest BCUT2D eigenvalue weighted by molar-refractivity contribution is 7.89. The fourth-order valence-electron chi connectivity index (χ4n) is 1.24. The third-order valence-corrected chi connectivity index (χ3v) is 3.61. The van der Waals surface area contributed by atoms with Crippen LogP contribution in [0.2, 0.25) is 0 Å². The second-order valence-corrected chi connectivity index (χ2v) is 5.77. The van der Waals surface area contributed by atoms with Gasteiger partial charge in [0.15, 0.2) is 0 Å². The number of pyridine rings is 1. The third-order valence-electron chi connectivity index (χ3n) is 2.16. The molecule has 6 nitrogen and oxygen atoms in total. The first kappa shape index (κ1) is 15.0. The minimum Gasteiger partial charge on any atom is -0.377 e. The van der Waals surface area contributed by atoms with Crippen LogP contribution in [0.1, 0.15) is 19.5 Å². The van der Waals surface area contributed by atoms with Gasteiger partial charge in [0.05, 0.1) is 18.4 Å². The average Bonchev–Trinajstić information content (AvgIpc) is 2.34. The van der Waals surface area contributed by atoms with Crippen LogP contribution >= 0.6 is 0 Å². The predicted octanol–water partition coefficient (Wildman–Crippen LogP) is 0.244. The molecular formula is C11H19N3O3S. The van der Waals surface area contributed by atoms with E-state index in [9.17, 15) is 8.42 Å². The molecule has 1 heterocycles. The highest BCUT2D eigenvalue weighted by atomic mass is 32.2. The van der Waals surface area contributed by atoms with Crippen molar-refractivity contribution in [2.24, 2.45) is 5.73 Å². The summed E-state index contributed by atoms with van der Waals surface area (Å²) in [6.07, 6.45) is 1.38. The molecule has 0 saturated heterocycles. The zero-order valence-corrected chi connectivity index (χ0v) is 11.4. The average molecular weight is 273 g/mol. The number of nitrogens with two attached hydrogens (primary N) is 1. The van der Waals surface area contributed by atoms with E-state index in [4.69, 9.17) is 10.5 Å². The van der Waals surface area contributed by atoms with E-state index in [0.29, 0.717) is 12.3 Å². The van der Waals surface area contributed by atoms with E-state index in [0.717, 1.165) is 0 Å². The Morgan fingerprint density at radius 3 is 2.67 bits per heavy atom. The summed E-state index contributed by atoms with van der Waals surface area (Å²) in [6, 6.07) is 3.08. The van der Waals surface area contributed by atoms with E-state index >= 15 is 0 Å². The maximum atomic E-state index is 11.8. The minimum atomic E-state index is -3.52. The van der Waals surface area contributed by atoms with Crippen molar-refractivity contribution in [2.75, 3.05) is 13.2 Å². The van der Waals surface area contributed by atoms with Crippen molar-refractivity contribution in [1.29, 1.82) is 0 Å². The largest absolute Gasteiger partial charge is 0.377 e. The molecule has 18 heavy (non-hydrogen) atoms. The number of rotatable bonds is 7. The van der Waals surface area contributed by atoms with Crippen LogP contribution in [-0.4, -0.2) is 32.7 Å². The molecule has 0 saturated carbocycles. The molecule has 102 valence electrons. The first-order chi connectivity index (χ1) is 8.45. The number of nitrogens with one attached hydrogen (secondary N) is 1. The van der Waals surface area contributed by atoms with Gasteiger partial charge in [-0.3, -0.25) is 4.98 Å². The molecule has 1 aromatic heterocycles. The predicted molar refractivity (Wildman–Crippen MR) is 68.4 cm³/mol. The highest BCUT2D eigenvalue weighted by Crippen LogP contribution is 2.07. The summed E-state index contributed by atoms with van der Waals surface area (Å²) in [5.74, 6) is 0. The van der Waals surface area contributed by atoms with Crippen molar-refractivity contribution in [2.45, 2.75) is 31.4 Å². The van der Waals surface area contributed by atoms with E-state index in [1.54, 1.807) is 6.07 Å². The maximum absolute atomic E-state index is 11.8. The summed E-state index contributed by atoms with van der Waals surface area (Å²) in [6.45, 7) is 4.65. The number of hydrogen-bond acceptors (Lipinski definition) is 5. The summed E-state index contributed by atoms with van der Waals surface area (Å²) < 4.78 is 31.4. The van der Waals surface area contributed by atoms with Gasteiger partial charge in [0.2, 0.25) is 10.0 Å². The van der Waals surface area contributed by atoms with Crippen LogP contribution in [-0.2, 0) is 21.3 Å². The van der Waals surface area contributed by atoms with Crippen molar-refractivity contribution < 1.29 is 13.2 Å². The molecule has 0 amide bonds. The van der Waals surface area contributed by atoms with Gasteiger partial charge >= 0.3 is 0 Å². The molecule has 0 unspecified atom stereocenters. The second kappa shape index (κ2) is 6.79. The van der Waals surface area contributed by atoms with Crippen molar-refractivity contribution in [3.05, 3.63) is 24.0 Å². The zero-order valence-electron chi connectivity index (χ0n) is 10.6. The Balaban J connectivity index is 2.57. The summed E-state index contributed by atoms with van der Waals surface area (Å²) in [7, 11) is -3.52. The minimum absolute atomic E-state index is 0.0833. The van der Waals surface area contributed by atoms with Crippen LogP contribution in [0.25, 0.3) is 0 Å². The van der Waals surface area contributed by atoms with Gasteiger partial charge in [0, 0.05) is 19.3 Å². The highest BCUT2D eigenvalue weighted by Gasteiger charge is 2.13. The normalized spacial score (nSPS) is 12.0. The summed E-state index contributed by atoms with van der Waals surface area (Å²) in [5, 5.41) is 0. The molecule has 0 fully saturated rings. The number of nitrogens with zero attached hydrogens (tertiary/aromatic N) is 1. The van der Waals surface area contributed by atoms with Crippen molar-refractivity contribution in [3.8, 4) is 0 Å². The van der Waals surface area contributed by atoms with E-state index in [1.165, 1.54) is 12.3 Å². The van der Waals surface area contributed by atoms with Crippen LogP contribution in [0.4, 0.5) is 0 Å². The smallest absolute Gasteiger partial charge is 0.242 e. The van der Waals surface area contributed by atoms with Gasteiger partial charge < -0.3 is 10.5 Å². The fraction of sp³-hybridized carbons (Fsp3) is 0.545. The summed E-state index contributed by atoms with van der Waals surface area (Å²) in [4.78, 5) is 4.07. The van der Waals surface area contributed by atoms with Gasteiger partial charge in [-0.1, -0.05) is 0 Å². The van der Waals surface area contributed by atoms with Crippen molar-refractivity contribution in [3.63, 3.8) is 0 Å². The number of aromatic nitrogens is 1. The van der Waals surface area contributed by atoms with E-state index < -0.39 is 10.0 Å².